The number of nitrogens with zero attached hydrogens (tertiary/aromatic N) is 9. The zero-order chi connectivity index (χ0) is 101. The summed E-state index contributed by atoms with van der Waals surface area (Å²) in [5.41, 5.74) is 0. The molecule has 0 spiro atoms. The largest absolute Gasteiger partial charge is 0.393 e. The van der Waals surface area contributed by atoms with Crippen molar-refractivity contribution < 1.29 is 134 Å². The molecule has 9 rings (SSSR count). The van der Waals surface area contributed by atoms with Crippen LogP contribution in [-0.2, 0) is 76.2 Å². The van der Waals surface area contributed by atoms with Gasteiger partial charge in [-0.25, -0.2) is 22.0 Å². The van der Waals surface area contributed by atoms with Crippen molar-refractivity contribution in [1.29, 1.82) is 0 Å². The molecule has 9 heterocycles. The highest BCUT2D eigenvalue weighted by Crippen LogP contribution is 2.28. The highest BCUT2D eigenvalue weighted by Gasteiger charge is 2.35. The van der Waals surface area contributed by atoms with E-state index in [1.165, 1.54) is 0 Å². The molecule has 134 heavy (non-hydrogen) atoms. The third kappa shape index (κ3) is 78.6. The van der Waals surface area contributed by atoms with Crippen molar-refractivity contribution in [2.75, 3.05) is 217 Å². The summed E-state index contributed by atoms with van der Waals surface area (Å²) < 4.78 is 113. The van der Waals surface area contributed by atoms with Crippen LogP contribution in [0.2, 0.25) is 0 Å². The topological polar surface area (TPSA) is 373 Å². The first-order valence-corrected chi connectivity index (χ1v) is 50.1. The van der Waals surface area contributed by atoms with Gasteiger partial charge in [0.15, 0.2) is 0 Å². The first-order valence-electron chi connectivity index (χ1n) is 50.1. The lowest BCUT2D eigenvalue weighted by Gasteiger charge is -2.32. The summed E-state index contributed by atoms with van der Waals surface area (Å²) in [4.78, 5) is 85.4. The van der Waals surface area contributed by atoms with Crippen LogP contribution in [0, 0.1) is 0 Å². The number of likely N-dealkylation sites (tertiary alicyclic amines) is 9. The predicted molar refractivity (Wildman–Crippen MR) is 507 cm³/mol. The monoisotopic (exact) mass is 1940 g/mol. The van der Waals surface area contributed by atoms with Crippen LogP contribution in [-0.4, -0.2) is 449 Å². The number of piperidine rings is 7. The number of aliphatic hydroxyl groups is 7. The van der Waals surface area contributed by atoms with E-state index < -0.39 is 36.6 Å². The Morgan fingerprint density at radius 1 is 0.299 bits per heavy atom. The number of hydrogen-bond acceptors (Lipinski definition) is 29. The number of ether oxygens (including phenoxy) is 9. The Balaban J connectivity index is 0. The highest BCUT2D eigenvalue weighted by atomic mass is 19.3. The second-order valence-corrected chi connectivity index (χ2v) is 38.1. The maximum atomic E-state index is 13.1. The lowest BCUT2D eigenvalue weighted by Crippen LogP contribution is -2.44. The van der Waals surface area contributed by atoms with Crippen molar-refractivity contribution in [3.8, 4) is 0 Å². The van der Waals surface area contributed by atoms with Gasteiger partial charge in [-0.3, -0.25) is 14.4 Å². The SMILES string of the molecule is CC(C)OCC(=O)N1CCC[C@@H](O)C1.CC(C)OCC(=O)N1CCC[C@H](O)C1.CC(C)OCCC(=O)N1CC[C@H](O)C1.CC(C)OCCCN1CCC(F)(F)CC1.CC(C)OCCCN1CCC(F)CC1.CC(C)OCCCN1CCC(O)C1.CC(C)OCCCN1CCC(O)CC1.CC(C)OCCCN1CC[C@H](O)[C@@H](F)C1.CC(C)OCCCN1CC[C@H](O)[C@H](F)C1.O=C=O.O=C=O. The molecule has 7 N–H and O–H groups in total. The molecule has 0 radical (unpaired) electrons. The summed E-state index contributed by atoms with van der Waals surface area (Å²) in [6.45, 7) is 59.9. The van der Waals surface area contributed by atoms with Crippen LogP contribution >= 0.6 is 0 Å². The summed E-state index contributed by atoms with van der Waals surface area (Å²) >= 11 is 0. The van der Waals surface area contributed by atoms with Crippen molar-refractivity contribution in [1.82, 2.24) is 44.1 Å². The minimum atomic E-state index is -2.43. The van der Waals surface area contributed by atoms with E-state index in [1.54, 1.807) is 14.7 Å². The molecule has 0 bridgehead atoms. The quantitative estimate of drug-likeness (QED) is 0.0222. The lowest BCUT2D eigenvalue weighted by atomic mass is 10.1. The number of amides is 3. The Labute approximate surface area is 802 Å². The number of hydrogen-bond donors (Lipinski definition) is 7. The van der Waals surface area contributed by atoms with Crippen molar-refractivity contribution in [2.24, 2.45) is 0 Å². The minimum Gasteiger partial charge on any atom is -0.393 e. The Bertz CT molecular complexity index is 2710. The molecule has 9 aliphatic heterocycles. The molecule has 794 valence electrons. The molecule has 32 nitrogen and oxygen atoms in total. The van der Waals surface area contributed by atoms with E-state index in [-0.39, 0.29) is 123 Å². The molecule has 0 aromatic heterocycles. The van der Waals surface area contributed by atoms with Crippen LogP contribution in [0.1, 0.15) is 259 Å². The molecule has 8 atom stereocenters. The van der Waals surface area contributed by atoms with Gasteiger partial charge in [-0.15, -0.1) is 0 Å². The zero-order valence-electron chi connectivity index (χ0n) is 85.7. The van der Waals surface area contributed by atoms with E-state index in [0.29, 0.717) is 116 Å². The van der Waals surface area contributed by atoms with Crippen LogP contribution < -0.4 is 0 Å². The molecular weight excluding hydrogens is 1750 g/mol. The highest BCUT2D eigenvalue weighted by molar-refractivity contribution is 5.78. The molecular formula is C97H188F5N9O23. The Morgan fingerprint density at radius 3 is 0.836 bits per heavy atom. The molecule has 37 heteroatoms. The first kappa shape index (κ1) is 132. The molecule has 3 amide bonds. The van der Waals surface area contributed by atoms with Crippen LogP contribution in [0.15, 0.2) is 0 Å². The maximum absolute atomic E-state index is 13.1. The first-order chi connectivity index (χ1) is 63.3. The third-order valence-electron chi connectivity index (χ3n) is 22.4. The number of alkyl halides is 5. The molecule has 1 unspecified atom stereocenters. The van der Waals surface area contributed by atoms with Crippen LogP contribution in [0.5, 0.6) is 0 Å². The van der Waals surface area contributed by atoms with Crippen molar-refractivity contribution in [3.05, 3.63) is 0 Å². The van der Waals surface area contributed by atoms with Gasteiger partial charge in [-0.2, -0.15) is 19.2 Å². The number of aliphatic hydroxyl groups excluding tert-OH is 7. The van der Waals surface area contributed by atoms with Gasteiger partial charge in [0.1, 0.15) is 31.7 Å². The molecule has 9 fully saturated rings. The number of carbonyl (C=O) groups is 3. The van der Waals surface area contributed by atoms with Crippen LogP contribution in [0.25, 0.3) is 0 Å². The van der Waals surface area contributed by atoms with Crippen LogP contribution in [0.4, 0.5) is 22.0 Å². The summed E-state index contributed by atoms with van der Waals surface area (Å²) in [5, 5.41) is 65.0. The van der Waals surface area contributed by atoms with Crippen molar-refractivity contribution >= 4 is 30.0 Å². The normalized spacial score (nSPS) is 22.8. The van der Waals surface area contributed by atoms with E-state index in [4.69, 9.17) is 61.8 Å². The van der Waals surface area contributed by atoms with E-state index in [2.05, 4.69) is 70.9 Å². The molecule has 9 saturated heterocycles. The fraction of sp³-hybridized carbons (Fsp3) is 0.948. The molecule has 9 aliphatic rings. The third-order valence-corrected chi connectivity index (χ3v) is 22.4. The minimum absolute atomic E-state index is 0.0119. The van der Waals surface area contributed by atoms with Crippen molar-refractivity contribution in [3.63, 3.8) is 0 Å². The Morgan fingerprint density at radius 2 is 0.545 bits per heavy atom. The van der Waals surface area contributed by atoms with Crippen LogP contribution in [0.3, 0.4) is 0 Å². The second-order valence-electron chi connectivity index (χ2n) is 38.1. The summed E-state index contributed by atoms with van der Waals surface area (Å²) in [5.74, 6) is -2.37. The average molecular weight is 1940 g/mol. The van der Waals surface area contributed by atoms with E-state index >= 15 is 0 Å². The summed E-state index contributed by atoms with van der Waals surface area (Å²) in [7, 11) is 0. The summed E-state index contributed by atoms with van der Waals surface area (Å²) in [6.07, 6.45) is 13.1. The number of rotatable bonds is 40. The standard InChI is InChI=1S/C11H21F2NO.2C11H22FNO2.C11H22FNO.C11H23NO2.3C10H19NO3.C10H21NO2.2CO2/c1-10(2)15-9-3-6-14-7-4-11(12,13)5-8-14;2*1-9(2)15-7-3-5-13-6-4-11(14)10(12)8-13;1-10(2)14-9-3-6-13-7-4-11(12)5-8-13;1-10(2)14-9-3-6-12-7-4-11(13)5-8-12;1-8(2)14-6-4-10(13)11-5-3-9(12)7-11;2*1-8(2)14-7-10(13)11-5-3-4-9(12)6-11;1-9(2)13-7-3-5-11-6-4-10(12)8-11;2*2-1-3/h10H,3-9H2,1-2H3;2*9-11,14H,3-8H2,1-2H3;10-11H,3-9H2,1-2H3;10-11,13H,3-9H2,1-2H3;3*8-9,12H,3-7H2,1-2H3;9-10,12H,3-8H2,1-2H3;;/t;10-,11+;10-,11-;;;3*9-;;;/m.10..010.../s1. The van der Waals surface area contributed by atoms with Gasteiger partial charge in [0.25, 0.3) is 5.92 Å². The van der Waals surface area contributed by atoms with Gasteiger partial charge >= 0.3 is 12.3 Å². The molecule has 0 saturated carbocycles. The number of carbonyl (C=O) groups excluding carboxylic acids is 7. The maximum Gasteiger partial charge on any atom is 0.373 e. The Kier molecular flexibility index (Phi) is 81.3. The van der Waals surface area contributed by atoms with Gasteiger partial charge in [0.2, 0.25) is 17.7 Å². The summed E-state index contributed by atoms with van der Waals surface area (Å²) in [6, 6.07) is 0. The Hall–Kier alpha value is -4.06. The average Bonchev–Trinajstić information content (AvgIpc) is 1.21. The van der Waals surface area contributed by atoms with Crippen molar-refractivity contribution in [2.45, 2.75) is 382 Å². The van der Waals surface area contributed by atoms with Gasteiger partial charge in [-0.1, -0.05) is 0 Å². The molecule has 0 aromatic carbocycles. The number of β-amino-alcohol motifs (C(OH)–C–C–N with tert-alkyl or cyclic N) is 4. The zero-order valence-corrected chi connectivity index (χ0v) is 85.7. The van der Waals surface area contributed by atoms with E-state index in [0.717, 1.165) is 228 Å². The fourth-order valence-electron chi connectivity index (χ4n) is 14.9. The lowest BCUT2D eigenvalue weighted by molar-refractivity contribution is -0.193. The molecule has 0 aliphatic carbocycles. The second kappa shape index (κ2) is 82.5. The van der Waals surface area contributed by atoms with Gasteiger partial charge in [0.05, 0.1) is 111 Å². The van der Waals surface area contributed by atoms with Gasteiger partial charge in [0, 0.05) is 210 Å². The van der Waals surface area contributed by atoms with Gasteiger partial charge in [-0.05, 0) is 240 Å². The fourth-order valence-corrected chi connectivity index (χ4v) is 14.9. The van der Waals surface area contributed by atoms with E-state index in [1.807, 2.05) is 83.1 Å². The predicted octanol–water partition coefficient (Wildman–Crippen LogP) is 9.32. The molecule has 0 aromatic rings. The number of halogens is 5. The van der Waals surface area contributed by atoms with Gasteiger partial charge < -0.3 is 122 Å². The smallest absolute Gasteiger partial charge is 0.373 e. The van der Waals surface area contributed by atoms with E-state index in [9.17, 15) is 72.1 Å².